The van der Waals surface area contributed by atoms with E-state index >= 15 is 0 Å². The monoisotopic (exact) mass is 428 g/mol. The second-order valence-electron chi connectivity index (χ2n) is 6.62. The summed E-state index contributed by atoms with van der Waals surface area (Å²) in [5.41, 5.74) is 1.52. The standard InChI is InChI=1S/C20H20N4O5S/c1-28-14-8-6-13(7-9-14)24-11-10-17-18(20(24)25)21-22-19(17)23-30(26,27)16-5-3-4-15(12-16)29-2/h3-9,12H,10-11H2,1-2H3,(H2,21,22,23). The number of hydrogen-bond acceptors (Lipinski definition) is 6. The van der Waals surface area contributed by atoms with Crippen molar-refractivity contribution in [1.29, 1.82) is 0 Å². The molecule has 0 saturated heterocycles. The van der Waals surface area contributed by atoms with Crippen LogP contribution in [0.25, 0.3) is 0 Å². The molecule has 0 bridgehead atoms. The molecule has 0 atom stereocenters. The smallest absolute Gasteiger partial charge is 0.276 e. The predicted octanol–water partition coefficient (Wildman–Crippen LogP) is 2.43. The summed E-state index contributed by atoms with van der Waals surface area (Å²) in [5, 5.41) is 6.72. The van der Waals surface area contributed by atoms with Crippen LogP contribution in [0.2, 0.25) is 0 Å². The van der Waals surface area contributed by atoms with Crippen LogP contribution in [0.5, 0.6) is 11.5 Å². The number of nitrogens with zero attached hydrogens (tertiary/aromatic N) is 2. The van der Waals surface area contributed by atoms with Gasteiger partial charge >= 0.3 is 0 Å². The average molecular weight is 428 g/mol. The summed E-state index contributed by atoms with van der Waals surface area (Å²) in [6.45, 7) is 0.394. The zero-order valence-corrected chi connectivity index (χ0v) is 17.2. The first-order valence-corrected chi connectivity index (χ1v) is 10.6. The van der Waals surface area contributed by atoms with Gasteiger partial charge in [0.1, 0.15) is 17.2 Å². The van der Waals surface area contributed by atoms with Gasteiger partial charge in [0.2, 0.25) is 0 Å². The van der Waals surface area contributed by atoms with E-state index in [0.717, 1.165) is 5.69 Å². The quantitative estimate of drug-likeness (QED) is 0.623. The van der Waals surface area contributed by atoms with E-state index in [0.29, 0.717) is 30.0 Å². The number of rotatable bonds is 6. The van der Waals surface area contributed by atoms with Crippen molar-refractivity contribution in [3.63, 3.8) is 0 Å². The second kappa shape index (κ2) is 7.71. The van der Waals surface area contributed by atoms with Gasteiger partial charge in [-0.15, -0.1) is 0 Å². The number of sulfonamides is 1. The van der Waals surface area contributed by atoms with Gasteiger partial charge in [0.15, 0.2) is 5.82 Å². The summed E-state index contributed by atoms with van der Waals surface area (Å²) in [7, 11) is -0.854. The Kier molecular flexibility index (Phi) is 5.08. The Labute approximate surface area is 173 Å². The minimum atomic E-state index is -3.89. The van der Waals surface area contributed by atoms with E-state index in [1.54, 1.807) is 48.4 Å². The largest absolute Gasteiger partial charge is 0.497 e. The number of aromatic nitrogens is 2. The summed E-state index contributed by atoms with van der Waals surface area (Å²) in [6, 6.07) is 13.3. The molecule has 1 aliphatic rings. The summed E-state index contributed by atoms with van der Waals surface area (Å²) in [4.78, 5) is 14.6. The Morgan fingerprint density at radius 3 is 2.50 bits per heavy atom. The van der Waals surface area contributed by atoms with Crippen LogP contribution < -0.4 is 19.1 Å². The van der Waals surface area contributed by atoms with Crippen LogP contribution in [0.3, 0.4) is 0 Å². The maximum Gasteiger partial charge on any atom is 0.276 e. The molecule has 10 heteroatoms. The molecule has 2 heterocycles. The lowest BCUT2D eigenvalue weighted by Crippen LogP contribution is -2.37. The van der Waals surface area contributed by atoms with Crippen molar-refractivity contribution in [1.82, 2.24) is 10.2 Å². The molecule has 0 radical (unpaired) electrons. The fraction of sp³-hybridized carbons (Fsp3) is 0.200. The lowest BCUT2D eigenvalue weighted by atomic mass is 10.1. The number of aromatic amines is 1. The van der Waals surface area contributed by atoms with Gasteiger partial charge < -0.3 is 14.4 Å². The summed E-state index contributed by atoms with van der Waals surface area (Å²) >= 11 is 0. The molecule has 0 fully saturated rings. The first kappa shape index (κ1) is 19.8. The van der Waals surface area contributed by atoms with Gasteiger partial charge in [0.25, 0.3) is 15.9 Å². The van der Waals surface area contributed by atoms with Crippen molar-refractivity contribution in [2.24, 2.45) is 0 Å². The van der Waals surface area contributed by atoms with Gasteiger partial charge in [-0.3, -0.25) is 14.6 Å². The van der Waals surface area contributed by atoms with Gasteiger partial charge in [0.05, 0.1) is 19.1 Å². The Balaban J connectivity index is 1.59. The molecule has 0 saturated carbocycles. The Morgan fingerprint density at radius 1 is 1.07 bits per heavy atom. The molecule has 2 aromatic carbocycles. The van der Waals surface area contributed by atoms with Crippen molar-refractivity contribution in [2.75, 3.05) is 30.4 Å². The molecule has 4 rings (SSSR count). The SMILES string of the molecule is COc1ccc(N2CCc3c(NS(=O)(=O)c4cccc(OC)c4)n[nH]c3C2=O)cc1. The predicted molar refractivity (Wildman–Crippen MR) is 111 cm³/mol. The maximum absolute atomic E-state index is 12.9. The number of fused-ring (bicyclic) bond motifs is 1. The molecule has 3 aromatic rings. The third kappa shape index (κ3) is 3.57. The Hall–Kier alpha value is -3.53. The average Bonchev–Trinajstić information content (AvgIpc) is 3.17. The van der Waals surface area contributed by atoms with Crippen molar-refractivity contribution < 1.29 is 22.7 Å². The van der Waals surface area contributed by atoms with Crippen LogP contribution in [-0.4, -0.2) is 45.3 Å². The molecule has 9 nitrogen and oxygen atoms in total. The fourth-order valence-electron chi connectivity index (χ4n) is 3.29. The molecule has 156 valence electrons. The topological polar surface area (TPSA) is 114 Å². The third-order valence-electron chi connectivity index (χ3n) is 4.88. The maximum atomic E-state index is 12.9. The van der Waals surface area contributed by atoms with E-state index in [2.05, 4.69) is 14.9 Å². The molecule has 2 N–H and O–H groups in total. The number of carbonyl (C=O) groups excluding carboxylic acids is 1. The normalized spacial score (nSPS) is 13.7. The number of hydrogen-bond donors (Lipinski definition) is 2. The molecule has 0 aliphatic carbocycles. The molecular weight excluding hydrogens is 408 g/mol. The lowest BCUT2D eigenvalue weighted by Gasteiger charge is -2.26. The van der Waals surface area contributed by atoms with E-state index in [1.165, 1.54) is 19.2 Å². The minimum Gasteiger partial charge on any atom is -0.497 e. The van der Waals surface area contributed by atoms with E-state index in [-0.39, 0.29) is 22.3 Å². The zero-order valence-electron chi connectivity index (χ0n) is 16.4. The van der Waals surface area contributed by atoms with Gasteiger partial charge in [-0.1, -0.05) is 6.07 Å². The van der Waals surface area contributed by atoms with Crippen LogP contribution >= 0.6 is 0 Å². The van der Waals surface area contributed by atoms with Crippen LogP contribution in [0.15, 0.2) is 53.4 Å². The molecule has 0 spiro atoms. The van der Waals surface area contributed by atoms with Gasteiger partial charge in [-0.25, -0.2) is 8.42 Å². The van der Waals surface area contributed by atoms with Gasteiger partial charge in [0, 0.05) is 23.9 Å². The molecular formula is C20H20N4O5S. The number of methoxy groups -OCH3 is 2. The number of nitrogens with one attached hydrogen (secondary N) is 2. The number of anilines is 2. The highest BCUT2D eigenvalue weighted by atomic mass is 32.2. The third-order valence-corrected chi connectivity index (χ3v) is 6.21. The molecule has 1 aromatic heterocycles. The molecule has 30 heavy (non-hydrogen) atoms. The minimum absolute atomic E-state index is 0.0422. The van der Waals surface area contributed by atoms with Crippen molar-refractivity contribution in [3.05, 3.63) is 59.8 Å². The highest BCUT2D eigenvalue weighted by Crippen LogP contribution is 2.30. The summed E-state index contributed by atoms with van der Waals surface area (Å²) < 4.78 is 38.2. The Bertz CT molecular complexity index is 1190. The zero-order chi connectivity index (χ0) is 21.3. The summed E-state index contributed by atoms with van der Waals surface area (Å²) in [6.07, 6.45) is 0.444. The first-order chi connectivity index (χ1) is 14.4. The van der Waals surface area contributed by atoms with Crippen molar-refractivity contribution >= 4 is 27.4 Å². The molecule has 1 amide bonds. The van der Waals surface area contributed by atoms with E-state index in [1.807, 2.05) is 0 Å². The lowest BCUT2D eigenvalue weighted by molar-refractivity contribution is 0.0976. The fourth-order valence-corrected chi connectivity index (χ4v) is 4.36. The van der Waals surface area contributed by atoms with Gasteiger partial charge in [-0.05, 0) is 42.8 Å². The first-order valence-electron chi connectivity index (χ1n) is 9.13. The van der Waals surface area contributed by atoms with Crippen LogP contribution in [-0.2, 0) is 16.4 Å². The number of amides is 1. The van der Waals surface area contributed by atoms with Crippen LogP contribution in [0.1, 0.15) is 16.1 Å². The van der Waals surface area contributed by atoms with Gasteiger partial charge in [-0.2, -0.15) is 5.10 Å². The van der Waals surface area contributed by atoms with Crippen molar-refractivity contribution in [3.8, 4) is 11.5 Å². The van der Waals surface area contributed by atoms with Crippen LogP contribution in [0.4, 0.5) is 11.5 Å². The van der Waals surface area contributed by atoms with E-state index in [9.17, 15) is 13.2 Å². The Morgan fingerprint density at radius 2 is 1.80 bits per heavy atom. The van der Waals surface area contributed by atoms with E-state index < -0.39 is 10.0 Å². The van der Waals surface area contributed by atoms with E-state index in [4.69, 9.17) is 9.47 Å². The van der Waals surface area contributed by atoms with Crippen molar-refractivity contribution in [2.45, 2.75) is 11.3 Å². The second-order valence-corrected chi connectivity index (χ2v) is 8.30. The number of carbonyl (C=O) groups is 1. The van der Waals surface area contributed by atoms with Crippen LogP contribution in [0, 0.1) is 0 Å². The molecule has 0 unspecified atom stereocenters. The highest BCUT2D eigenvalue weighted by Gasteiger charge is 2.31. The summed E-state index contributed by atoms with van der Waals surface area (Å²) in [5.74, 6) is 0.961. The highest BCUT2D eigenvalue weighted by molar-refractivity contribution is 7.92. The number of ether oxygens (including phenoxy) is 2. The molecule has 1 aliphatic heterocycles. The number of H-pyrrole nitrogens is 1. The number of benzene rings is 2.